The number of nitro benzene ring substituents is 1. The summed E-state index contributed by atoms with van der Waals surface area (Å²) in [6.45, 7) is -0.472. The number of nitro groups is 1. The first-order valence-electron chi connectivity index (χ1n) is 6.57. The highest BCUT2D eigenvalue weighted by molar-refractivity contribution is 6.32. The smallest absolute Gasteiger partial charge is 0.341 e. The van der Waals surface area contributed by atoms with Crippen LogP contribution >= 0.6 is 11.6 Å². The van der Waals surface area contributed by atoms with Crippen LogP contribution in [0.3, 0.4) is 0 Å². The molecular weight excluding hydrogens is 340 g/mol. The molecule has 0 aromatic heterocycles. The summed E-state index contributed by atoms with van der Waals surface area (Å²) in [6.07, 6.45) is 0. The van der Waals surface area contributed by atoms with Crippen molar-refractivity contribution in [3.8, 4) is 5.75 Å². The highest BCUT2D eigenvalue weighted by Crippen LogP contribution is 2.25. The number of hydrogen-bond acceptors (Lipinski definition) is 5. The van der Waals surface area contributed by atoms with Crippen LogP contribution in [0.1, 0.15) is 10.4 Å². The number of halogens is 1. The van der Waals surface area contributed by atoms with E-state index in [9.17, 15) is 19.7 Å². The van der Waals surface area contributed by atoms with E-state index in [1.165, 1.54) is 36.4 Å². The van der Waals surface area contributed by atoms with Gasteiger partial charge < -0.3 is 15.2 Å². The second kappa shape index (κ2) is 7.42. The lowest BCUT2D eigenvalue weighted by molar-refractivity contribution is -0.384. The molecule has 24 heavy (non-hydrogen) atoms. The Morgan fingerprint density at radius 2 is 1.88 bits per heavy atom. The number of carboxylic acids is 1. The van der Waals surface area contributed by atoms with Gasteiger partial charge in [0.1, 0.15) is 10.8 Å². The molecule has 0 atom stereocenters. The Balaban J connectivity index is 2.08. The van der Waals surface area contributed by atoms with Crippen LogP contribution in [-0.4, -0.2) is 28.5 Å². The second-order valence-electron chi connectivity index (χ2n) is 4.58. The number of carbonyl (C=O) groups excluding carboxylic acids is 1. The zero-order valence-electron chi connectivity index (χ0n) is 12.1. The van der Waals surface area contributed by atoms with Gasteiger partial charge in [-0.25, -0.2) is 4.79 Å². The van der Waals surface area contributed by atoms with E-state index >= 15 is 0 Å². The van der Waals surface area contributed by atoms with Crippen LogP contribution < -0.4 is 10.1 Å². The fourth-order valence-electron chi connectivity index (χ4n) is 1.78. The zero-order valence-corrected chi connectivity index (χ0v) is 12.8. The number of ether oxygens (including phenoxy) is 1. The largest absolute Gasteiger partial charge is 0.482 e. The highest BCUT2D eigenvalue weighted by atomic mass is 35.5. The number of hydrogen-bond donors (Lipinski definition) is 2. The Labute approximate surface area is 140 Å². The summed E-state index contributed by atoms with van der Waals surface area (Å²) in [4.78, 5) is 32.7. The number of aliphatic carboxylic acids is 1. The van der Waals surface area contributed by atoms with Gasteiger partial charge in [0, 0.05) is 17.3 Å². The summed E-state index contributed by atoms with van der Waals surface area (Å²) in [6, 6.07) is 9.74. The third-order valence-corrected chi connectivity index (χ3v) is 3.20. The van der Waals surface area contributed by atoms with Gasteiger partial charge in [0.25, 0.3) is 11.6 Å². The first-order chi connectivity index (χ1) is 11.4. The minimum Gasteiger partial charge on any atom is -0.482 e. The summed E-state index contributed by atoms with van der Waals surface area (Å²) in [5.74, 6) is -1.32. The maximum absolute atomic E-state index is 12.1. The van der Waals surface area contributed by atoms with E-state index in [1.54, 1.807) is 0 Å². The SMILES string of the molecule is O=C(O)COc1ccc(NC(=O)c2ccc(Cl)c([N+](=O)[O-])c2)cc1. The number of benzene rings is 2. The molecule has 0 bridgehead atoms. The van der Waals surface area contributed by atoms with Crippen LogP contribution in [0.4, 0.5) is 11.4 Å². The van der Waals surface area contributed by atoms with Crippen LogP contribution in [0, 0.1) is 10.1 Å². The van der Waals surface area contributed by atoms with Gasteiger partial charge in [-0.3, -0.25) is 14.9 Å². The minimum atomic E-state index is -1.10. The third kappa shape index (κ3) is 4.43. The van der Waals surface area contributed by atoms with E-state index in [1.807, 2.05) is 0 Å². The third-order valence-electron chi connectivity index (χ3n) is 2.88. The summed E-state index contributed by atoms with van der Waals surface area (Å²) in [7, 11) is 0. The van der Waals surface area contributed by atoms with E-state index in [0.717, 1.165) is 6.07 Å². The minimum absolute atomic E-state index is 0.0588. The second-order valence-corrected chi connectivity index (χ2v) is 4.99. The maximum atomic E-state index is 12.1. The van der Waals surface area contributed by atoms with Crippen LogP contribution in [0.5, 0.6) is 5.75 Å². The molecule has 0 aliphatic heterocycles. The Hall–Kier alpha value is -3.13. The average Bonchev–Trinajstić information content (AvgIpc) is 2.54. The standard InChI is InChI=1S/C15H11ClN2O6/c16-12-6-1-9(7-13(12)18(22)23)15(21)17-10-2-4-11(5-3-10)24-8-14(19)20/h1-7H,8H2,(H,17,21)(H,19,20). The topological polar surface area (TPSA) is 119 Å². The molecule has 0 spiro atoms. The fraction of sp³-hybridized carbons (Fsp3) is 0.0667. The normalized spacial score (nSPS) is 10.0. The number of anilines is 1. The lowest BCUT2D eigenvalue weighted by Crippen LogP contribution is -2.12. The number of amides is 1. The molecule has 124 valence electrons. The van der Waals surface area contributed by atoms with E-state index in [4.69, 9.17) is 21.4 Å². The van der Waals surface area contributed by atoms with Gasteiger partial charge in [0.05, 0.1) is 4.92 Å². The van der Waals surface area contributed by atoms with E-state index in [2.05, 4.69) is 5.32 Å². The van der Waals surface area contributed by atoms with Gasteiger partial charge in [-0.15, -0.1) is 0 Å². The Morgan fingerprint density at radius 3 is 2.46 bits per heavy atom. The number of rotatable bonds is 6. The van der Waals surface area contributed by atoms with Crippen molar-refractivity contribution in [2.75, 3.05) is 11.9 Å². The molecule has 2 aromatic carbocycles. The molecule has 2 rings (SSSR count). The van der Waals surface area contributed by atoms with Crippen LogP contribution in [-0.2, 0) is 4.79 Å². The van der Waals surface area contributed by atoms with Gasteiger partial charge in [0.15, 0.2) is 6.61 Å². The fourth-order valence-corrected chi connectivity index (χ4v) is 1.96. The van der Waals surface area contributed by atoms with Crippen molar-refractivity contribution >= 4 is 34.9 Å². The summed E-state index contributed by atoms with van der Waals surface area (Å²) in [5, 5.41) is 21.9. The molecule has 0 saturated carbocycles. The van der Waals surface area contributed by atoms with E-state index in [-0.39, 0.29) is 16.3 Å². The lowest BCUT2D eigenvalue weighted by Gasteiger charge is -2.07. The van der Waals surface area contributed by atoms with Crippen molar-refractivity contribution in [3.63, 3.8) is 0 Å². The van der Waals surface area contributed by atoms with Gasteiger partial charge in [-0.2, -0.15) is 0 Å². The molecule has 1 amide bonds. The lowest BCUT2D eigenvalue weighted by atomic mass is 10.2. The molecule has 0 unspecified atom stereocenters. The molecule has 9 heteroatoms. The first kappa shape index (κ1) is 17.2. The summed E-state index contributed by atoms with van der Waals surface area (Å²) < 4.78 is 4.97. The highest BCUT2D eigenvalue weighted by Gasteiger charge is 2.16. The van der Waals surface area contributed by atoms with Crippen LogP contribution in [0.2, 0.25) is 5.02 Å². The van der Waals surface area contributed by atoms with Crippen molar-refractivity contribution in [2.45, 2.75) is 0 Å². The van der Waals surface area contributed by atoms with Crippen LogP contribution in [0.15, 0.2) is 42.5 Å². The maximum Gasteiger partial charge on any atom is 0.341 e. The Bertz CT molecular complexity index is 791. The van der Waals surface area contributed by atoms with Crippen LogP contribution in [0.25, 0.3) is 0 Å². The number of carboxylic acid groups (broad SMARTS) is 1. The molecule has 2 N–H and O–H groups in total. The van der Waals surface area contributed by atoms with Gasteiger partial charge in [0.2, 0.25) is 0 Å². The zero-order chi connectivity index (χ0) is 17.7. The molecule has 0 aliphatic rings. The molecule has 0 fully saturated rings. The number of nitrogens with zero attached hydrogens (tertiary/aromatic N) is 1. The molecule has 0 saturated heterocycles. The summed E-state index contributed by atoms with van der Waals surface area (Å²) >= 11 is 5.70. The van der Waals surface area contributed by atoms with Crippen molar-refractivity contribution in [3.05, 3.63) is 63.2 Å². The molecule has 0 aliphatic carbocycles. The quantitative estimate of drug-likeness (QED) is 0.610. The van der Waals surface area contributed by atoms with E-state index in [0.29, 0.717) is 11.4 Å². The molecule has 0 heterocycles. The van der Waals surface area contributed by atoms with Gasteiger partial charge >= 0.3 is 5.97 Å². The van der Waals surface area contributed by atoms with Crippen molar-refractivity contribution in [1.29, 1.82) is 0 Å². The predicted molar refractivity (Wildman–Crippen MR) is 85.6 cm³/mol. The van der Waals surface area contributed by atoms with Gasteiger partial charge in [-0.05, 0) is 36.4 Å². The summed E-state index contributed by atoms with van der Waals surface area (Å²) in [5.41, 5.74) is 0.138. The van der Waals surface area contributed by atoms with Crippen molar-refractivity contribution in [2.24, 2.45) is 0 Å². The molecule has 2 aromatic rings. The van der Waals surface area contributed by atoms with Crippen molar-refractivity contribution in [1.82, 2.24) is 0 Å². The average molecular weight is 351 g/mol. The monoisotopic (exact) mass is 350 g/mol. The molecule has 0 radical (unpaired) electrons. The molecule has 8 nitrogen and oxygen atoms in total. The first-order valence-corrected chi connectivity index (χ1v) is 6.94. The number of carbonyl (C=O) groups is 2. The molecular formula is C15H11ClN2O6. The van der Waals surface area contributed by atoms with Crippen molar-refractivity contribution < 1.29 is 24.4 Å². The Morgan fingerprint density at radius 1 is 1.21 bits per heavy atom. The van der Waals surface area contributed by atoms with Gasteiger partial charge in [-0.1, -0.05) is 11.6 Å². The number of nitrogens with one attached hydrogen (secondary N) is 1. The predicted octanol–water partition coefficient (Wildman–Crippen LogP) is 2.96. The van der Waals surface area contributed by atoms with E-state index < -0.39 is 23.4 Å². The Kier molecular flexibility index (Phi) is 5.33.